The van der Waals surface area contributed by atoms with Crippen molar-refractivity contribution in [3.8, 4) is 5.69 Å². The Morgan fingerprint density at radius 1 is 1.00 bits per heavy atom. The fourth-order valence-electron chi connectivity index (χ4n) is 3.59. The van der Waals surface area contributed by atoms with Gasteiger partial charge in [0.15, 0.2) is 5.69 Å². The Hall–Kier alpha value is -3.74. The summed E-state index contributed by atoms with van der Waals surface area (Å²) < 4.78 is 1.88. The SMILES string of the molecule is Cc1ccc(-n2nc(C)c(C(=O)N(C)Cc3cnn(Cc4ccccc4)c3)n2)c(C)c1. The van der Waals surface area contributed by atoms with Gasteiger partial charge in [0.1, 0.15) is 0 Å². The van der Waals surface area contributed by atoms with Gasteiger partial charge in [0, 0.05) is 25.4 Å². The minimum Gasteiger partial charge on any atom is -0.336 e. The Balaban J connectivity index is 1.47. The Morgan fingerprint density at radius 2 is 1.77 bits per heavy atom. The van der Waals surface area contributed by atoms with Crippen LogP contribution in [0.5, 0.6) is 0 Å². The first-order valence-electron chi connectivity index (χ1n) is 10.2. The van der Waals surface area contributed by atoms with E-state index in [4.69, 9.17) is 0 Å². The summed E-state index contributed by atoms with van der Waals surface area (Å²) in [7, 11) is 1.77. The molecule has 0 N–H and O–H groups in total. The second kappa shape index (κ2) is 8.55. The second-order valence-corrected chi connectivity index (χ2v) is 7.91. The second-order valence-electron chi connectivity index (χ2n) is 7.91. The number of aromatic nitrogens is 5. The van der Waals surface area contributed by atoms with Crippen molar-refractivity contribution >= 4 is 5.91 Å². The van der Waals surface area contributed by atoms with Crippen LogP contribution in [0.1, 0.15) is 38.4 Å². The van der Waals surface area contributed by atoms with E-state index in [9.17, 15) is 4.79 Å². The minimum absolute atomic E-state index is 0.163. The number of benzene rings is 2. The van der Waals surface area contributed by atoms with Crippen molar-refractivity contribution in [1.82, 2.24) is 29.7 Å². The molecule has 1 amide bonds. The third-order valence-electron chi connectivity index (χ3n) is 5.19. The Labute approximate surface area is 181 Å². The van der Waals surface area contributed by atoms with Gasteiger partial charge in [-0.05, 0) is 38.0 Å². The molecule has 0 unspecified atom stereocenters. The van der Waals surface area contributed by atoms with Crippen molar-refractivity contribution in [2.75, 3.05) is 7.05 Å². The quantitative estimate of drug-likeness (QED) is 0.482. The van der Waals surface area contributed by atoms with Crippen molar-refractivity contribution in [2.24, 2.45) is 0 Å². The Morgan fingerprint density at radius 3 is 2.52 bits per heavy atom. The van der Waals surface area contributed by atoms with E-state index in [1.807, 2.05) is 62.0 Å². The maximum absolute atomic E-state index is 13.0. The minimum atomic E-state index is -0.163. The van der Waals surface area contributed by atoms with E-state index >= 15 is 0 Å². The van der Waals surface area contributed by atoms with Crippen LogP contribution in [0.2, 0.25) is 0 Å². The van der Waals surface area contributed by atoms with Gasteiger partial charge < -0.3 is 4.90 Å². The molecule has 0 aliphatic rings. The smallest absolute Gasteiger partial charge is 0.276 e. The van der Waals surface area contributed by atoms with Gasteiger partial charge in [-0.15, -0.1) is 5.10 Å². The number of aryl methyl sites for hydroxylation is 3. The third-order valence-corrected chi connectivity index (χ3v) is 5.19. The summed E-state index contributed by atoms with van der Waals surface area (Å²) in [6, 6.07) is 16.2. The predicted molar refractivity (Wildman–Crippen MR) is 119 cm³/mol. The van der Waals surface area contributed by atoms with Crippen LogP contribution in [0.3, 0.4) is 0 Å². The molecule has 4 rings (SSSR count). The van der Waals surface area contributed by atoms with Crippen molar-refractivity contribution in [3.63, 3.8) is 0 Å². The van der Waals surface area contributed by atoms with Gasteiger partial charge >= 0.3 is 0 Å². The zero-order valence-electron chi connectivity index (χ0n) is 18.3. The molecule has 0 aliphatic carbocycles. The van der Waals surface area contributed by atoms with Gasteiger partial charge in [-0.25, -0.2) is 0 Å². The summed E-state index contributed by atoms with van der Waals surface area (Å²) in [6.07, 6.45) is 3.77. The highest BCUT2D eigenvalue weighted by Crippen LogP contribution is 2.16. The average molecular weight is 415 g/mol. The number of hydrogen-bond donors (Lipinski definition) is 0. The molecule has 0 bridgehead atoms. The lowest BCUT2D eigenvalue weighted by Gasteiger charge is -2.14. The number of carbonyl (C=O) groups is 1. The van der Waals surface area contributed by atoms with Gasteiger partial charge in [0.05, 0.1) is 24.1 Å². The van der Waals surface area contributed by atoms with Crippen molar-refractivity contribution in [1.29, 1.82) is 0 Å². The summed E-state index contributed by atoms with van der Waals surface area (Å²) in [4.78, 5) is 16.2. The third kappa shape index (κ3) is 4.55. The van der Waals surface area contributed by atoms with Gasteiger partial charge in [-0.1, -0.05) is 48.0 Å². The summed E-state index contributed by atoms with van der Waals surface area (Å²) in [5.41, 5.74) is 6.22. The van der Waals surface area contributed by atoms with Crippen molar-refractivity contribution in [3.05, 3.63) is 94.6 Å². The van der Waals surface area contributed by atoms with Crippen molar-refractivity contribution in [2.45, 2.75) is 33.9 Å². The van der Waals surface area contributed by atoms with Crippen molar-refractivity contribution < 1.29 is 4.79 Å². The average Bonchev–Trinajstić information content (AvgIpc) is 3.34. The van der Waals surface area contributed by atoms with Gasteiger partial charge in [0.25, 0.3) is 5.91 Å². The van der Waals surface area contributed by atoms with Crippen LogP contribution in [0.15, 0.2) is 60.9 Å². The number of nitrogens with zero attached hydrogens (tertiary/aromatic N) is 6. The van der Waals surface area contributed by atoms with Gasteiger partial charge in [-0.3, -0.25) is 9.48 Å². The molecular formula is C24H26N6O. The Kier molecular flexibility index (Phi) is 5.66. The zero-order valence-corrected chi connectivity index (χ0v) is 18.3. The number of carbonyl (C=O) groups excluding carboxylic acids is 1. The first-order chi connectivity index (χ1) is 14.9. The highest BCUT2D eigenvalue weighted by atomic mass is 16.2. The lowest BCUT2D eigenvalue weighted by atomic mass is 10.1. The van der Waals surface area contributed by atoms with Gasteiger partial charge in [0.2, 0.25) is 0 Å². The summed E-state index contributed by atoms with van der Waals surface area (Å²) >= 11 is 0. The first-order valence-corrected chi connectivity index (χ1v) is 10.2. The molecule has 0 aliphatic heterocycles. The van der Waals surface area contributed by atoms with Crippen LogP contribution in [-0.2, 0) is 13.1 Å². The molecule has 0 fully saturated rings. The van der Waals surface area contributed by atoms with Crippen LogP contribution in [0.4, 0.5) is 0 Å². The summed E-state index contributed by atoms with van der Waals surface area (Å²) in [5, 5.41) is 13.4. The number of amides is 1. The van der Waals surface area contributed by atoms with E-state index in [-0.39, 0.29) is 5.91 Å². The lowest BCUT2D eigenvalue weighted by Crippen LogP contribution is -2.27. The summed E-state index contributed by atoms with van der Waals surface area (Å²) in [6.45, 7) is 7.02. The molecule has 158 valence electrons. The van der Waals surface area contributed by atoms with Crippen LogP contribution < -0.4 is 0 Å². The molecule has 7 nitrogen and oxygen atoms in total. The molecule has 4 aromatic rings. The maximum atomic E-state index is 13.0. The van der Waals surface area contributed by atoms with Crippen LogP contribution in [-0.4, -0.2) is 42.6 Å². The topological polar surface area (TPSA) is 68.8 Å². The Bertz CT molecular complexity index is 1210. The molecule has 2 heterocycles. The highest BCUT2D eigenvalue weighted by molar-refractivity contribution is 5.93. The monoisotopic (exact) mass is 414 g/mol. The molecule has 2 aromatic heterocycles. The van der Waals surface area contributed by atoms with Crippen LogP contribution in [0.25, 0.3) is 5.69 Å². The standard InChI is InChI=1S/C24H26N6O/c1-17-10-11-22(18(2)12-17)30-26-19(3)23(27-30)24(31)28(4)14-21-13-25-29(16-21)15-20-8-6-5-7-9-20/h5-13,16H,14-15H2,1-4H3. The van der Waals surface area contributed by atoms with E-state index in [2.05, 4.69) is 33.5 Å². The normalized spacial score (nSPS) is 11.0. The largest absolute Gasteiger partial charge is 0.336 e. The summed E-state index contributed by atoms with van der Waals surface area (Å²) in [5.74, 6) is -0.163. The fraction of sp³-hybridized carbons (Fsp3) is 0.250. The molecule has 0 atom stereocenters. The number of rotatable bonds is 6. The number of hydrogen-bond acceptors (Lipinski definition) is 4. The molecule has 0 radical (unpaired) electrons. The molecule has 7 heteroatoms. The molecule has 0 saturated heterocycles. The zero-order chi connectivity index (χ0) is 22.0. The fourth-order valence-corrected chi connectivity index (χ4v) is 3.59. The van der Waals surface area contributed by atoms with E-state index < -0.39 is 0 Å². The van der Waals surface area contributed by atoms with E-state index in [0.717, 1.165) is 16.8 Å². The predicted octanol–water partition coefficient (Wildman–Crippen LogP) is 3.71. The van der Waals surface area contributed by atoms with E-state index in [0.29, 0.717) is 24.5 Å². The molecule has 2 aromatic carbocycles. The molecular weight excluding hydrogens is 388 g/mol. The first kappa shape index (κ1) is 20.5. The van der Waals surface area contributed by atoms with Gasteiger partial charge in [-0.2, -0.15) is 15.0 Å². The molecule has 31 heavy (non-hydrogen) atoms. The van der Waals surface area contributed by atoms with Crippen LogP contribution in [0, 0.1) is 20.8 Å². The van der Waals surface area contributed by atoms with E-state index in [1.54, 1.807) is 22.9 Å². The van der Waals surface area contributed by atoms with Crippen LogP contribution >= 0.6 is 0 Å². The lowest BCUT2D eigenvalue weighted by molar-refractivity contribution is 0.0778. The highest BCUT2D eigenvalue weighted by Gasteiger charge is 2.21. The molecule has 0 saturated carbocycles. The maximum Gasteiger partial charge on any atom is 0.276 e. The van der Waals surface area contributed by atoms with E-state index in [1.165, 1.54) is 11.1 Å². The molecule has 0 spiro atoms.